The van der Waals surface area contributed by atoms with E-state index in [4.69, 9.17) is 10.5 Å². The monoisotopic (exact) mass is 369 g/mol. The fraction of sp³-hybridized carbons (Fsp3) is 0.333. The average molecular weight is 369 g/mol. The molecule has 6 nitrogen and oxygen atoms in total. The van der Waals surface area contributed by atoms with Gasteiger partial charge >= 0.3 is 0 Å². The van der Waals surface area contributed by atoms with Gasteiger partial charge in [0.25, 0.3) is 5.91 Å². The summed E-state index contributed by atoms with van der Waals surface area (Å²) >= 11 is 0. The van der Waals surface area contributed by atoms with Crippen LogP contribution in [0.2, 0.25) is 0 Å². The number of ketones is 1. The van der Waals surface area contributed by atoms with Gasteiger partial charge < -0.3 is 21.1 Å². The van der Waals surface area contributed by atoms with Crippen LogP contribution in [0, 0.1) is 0 Å². The molecule has 0 aliphatic carbocycles. The molecule has 2 aromatic carbocycles. The lowest BCUT2D eigenvalue weighted by Gasteiger charge is -2.19. The summed E-state index contributed by atoms with van der Waals surface area (Å²) in [4.78, 5) is 25.1. The molecule has 0 saturated carbocycles. The van der Waals surface area contributed by atoms with Crippen LogP contribution in [0.15, 0.2) is 48.5 Å². The Morgan fingerprint density at radius 3 is 2.41 bits per heavy atom. The first-order chi connectivity index (χ1) is 12.9. The molecule has 1 amide bonds. The average Bonchev–Trinajstić information content (AvgIpc) is 2.67. The molecule has 0 aromatic heterocycles. The number of rotatable bonds is 9. The van der Waals surface area contributed by atoms with Crippen molar-refractivity contribution in [2.75, 3.05) is 19.0 Å². The van der Waals surface area contributed by atoms with Gasteiger partial charge in [0.15, 0.2) is 5.78 Å². The minimum Gasteiger partial charge on any atom is -0.496 e. The zero-order chi connectivity index (χ0) is 19.8. The summed E-state index contributed by atoms with van der Waals surface area (Å²) in [5.41, 5.74) is 7.66. The number of methoxy groups -OCH3 is 1. The summed E-state index contributed by atoms with van der Waals surface area (Å²) in [6.45, 7) is 3.89. The summed E-state index contributed by atoms with van der Waals surface area (Å²) < 4.78 is 5.31. The second-order valence-corrected chi connectivity index (χ2v) is 6.60. The lowest BCUT2D eigenvalue weighted by molar-refractivity contribution is -0.119. The summed E-state index contributed by atoms with van der Waals surface area (Å²) in [5.74, 6) is -0.148. The van der Waals surface area contributed by atoms with E-state index in [-0.39, 0.29) is 24.3 Å². The highest BCUT2D eigenvalue weighted by molar-refractivity contribution is 6.01. The highest BCUT2D eigenvalue weighted by Gasteiger charge is 2.22. The van der Waals surface area contributed by atoms with E-state index in [1.54, 1.807) is 12.1 Å². The molecule has 1 atom stereocenters. The van der Waals surface area contributed by atoms with Crippen LogP contribution in [0.25, 0.3) is 0 Å². The third-order valence-corrected chi connectivity index (χ3v) is 4.08. The molecule has 144 valence electrons. The van der Waals surface area contributed by atoms with Gasteiger partial charge in [-0.1, -0.05) is 30.3 Å². The normalized spacial score (nSPS) is 11.7. The van der Waals surface area contributed by atoms with E-state index in [1.165, 1.54) is 7.11 Å². The number of Topliss-reactive ketones (excluding diaryl/α,β-unsaturated/α-hetero) is 1. The molecule has 0 radical (unpaired) electrons. The summed E-state index contributed by atoms with van der Waals surface area (Å²) in [5, 5.41) is 6.07. The Labute approximate surface area is 160 Å². The van der Waals surface area contributed by atoms with E-state index in [0.717, 1.165) is 11.3 Å². The van der Waals surface area contributed by atoms with Crippen molar-refractivity contribution in [1.82, 2.24) is 5.32 Å². The molecule has 0 heterocycles. The van der Waals surface area contributed by atoms with Crippen LogP contribution in [0.4, 0.5) is 5.69 Å². The van der Waals surface area contributed by atoms with Crippen LogP contribution in [0.1, 0.15) is 29.8 Å². The van der Waals surface area contributed by atoms with Crippen molar-refractivity contribution in [2.45, 2.75) is 32.4 Å². The third kappa shape index (κ3) is 5.82. The van der Waals surface area contributed by atoms with E-state index in [1.807, 2.05) is 50.2 Å². The highest BCUT2D eigenvalue weighted by Crippen LogP contribution is 2.23. The maximum absolute atomic E-state index is 12.9. The van der Waals surface area contributed by atoms with Crippen molar-refractivity contribution in [1.29, 1.82) is 0 Å². The lowest BCUT2D eigenvalue weighted by atomic mass is 10.0. The number of anilines is 1. The molecular weight excluding hydrogens is 342 g/mol. The predicted octanol–water partition coefficient (Wildman–Crippen LogP) is 2.38. The molecule has 0 bridgehead atoms. The first kappa shape index (κ1) is 20.5. The Morgan fingerprint density at radius 2 is 1.81 bits per heavy atom. The van der Waals surface area contributed by atoms with E-state index in [2.05, 4.69) is 10.6 Å². The molecule has 2 rings (SSSR count). The molecule has 0 aliphatic heterocycles. The van der Waals surface area contributed by atoms with Crippen LogP contribution < -0.4 is 21.1 Å². The standard InChI is InChI=1S/C21H27N3O3/c1-14(2)23-16-9-10-20(27-3)17(12-16)21(26)24-18(19(25)13-22)11-15-7-5-4-6-8-15/h4-10,12,14,18,23H,11,13,22H2,1-3H3,(H,24,26)/t18-/m0/s1. The first-order valence-electron chi connectivity index (χ1n) is 8.96. The molecule has 0 unspecified atom stereocenters. The van der Waals surface area contributed by atoms with Crippen molar-refractivity contribution >= 4 is 17.4 Å². The van der Waals surface area contributed by atoms with E-state index in [0.29, 0.717) is 17.7 Å². The molecule has 27 heavy (non-hydrogen) atoms. The Morgan fingerprint density at radius 1 is 1.11 bits per heavy atom. The molecule has 4 N–H and O–H groups in total. The third-order valence-electron chi connectivity index (χ3n) is 4.08. The van der Waals surface area contributed by atoms with E-state index < -0.39 is 6.04 Å². The summed E-state index contributed by atoms with van der Waals surface area (Å²) in [6.07, 6.45) is 0.384. The van der Waals surface area contributed by atoms with Crippen LogP contribution in [-0.2, 0) is 11.2 Å². The number of nitrogens with two attached hydrogens (primary N) is 1. The largest absolute Gasteiger partial charge is 0.496 e. The second kappa shape index (κ2) is 9.73. The Hall–Kier alpha value is -2.86. The Balaban J connectivity index is 2.24. The second-order valence-electron chi connectivity index (χ2n) is 6.60. The van der Waals surface area contributed by atoms with Crippen molar-refractivity contribution in [3.63, 3.8) is 0 Å². The van der Waals surface area contributed by atoms with Gasteiger partial charge in [0.05, 0.1) is 25.3 Å². The van der Waals surface area contributed by atoms with Crippen molar-refractivity contribution in [3.8, 4) is 5.75 Å². The maximum atomic E-state index is 12.9. The zero-order valence-electron chi connectivity index (χ0n) is 16.0. The molecule has 6 heteroatoms. The topological polar surface area (TPSA) is 93.5 Å². The van der Waals surface area contributed by atoms with Crippen LogP contribution in [0.3, 0.4) is 0 Å². The smallest absolute Gasteiger partial charge is 0.255 e. The Bertz CT molecular complexity index is 775. The zero-order valence-corrected chi connectivity index (χ0v) is 16.0. The number of ether oxygens (including phenoxy) is 1. The van der Waals surface area contributed by atoms with Gasteiger partial charge in [-0.3, -0.25) is 9.59 Å². The van der Waals surface area contributed by atoms with E-state index in [9.17, 15) is 9.59 Å². The Kier molecular flexibility index (Phi) is 7.37. The van der Waals surface area contributed by atoms with Gasteiger partial charge in [0, 0.05) is 11.7 Å². The molecule has 0 saturated heterocycles. The van der Waals surface area contributed by atoms with Gasteiger partial charge in [-0.05, 0) is 44.0 Å². The van der Waals surface area contributed by atoms with Crippen LogP contribution in [-0.4, -0.2) is 37.4 Å². The van der Waals surface area contributed by atoms with Crippen molar-refractivity contribution < 1.29 is 14.3 Å². The lowest BCUT2D eigenvalue weighted by Crippen LogP contribution is -2.45. The van der Waals surface area contributed by atoms with Gasteiger partial charge in [-0.2, -0.15) is 0 Å². The number of nitrogens with one attached hydrogen (secondary N) is 2. The first-order valence-corrected chi connectivity index (χ1v) is 8.96. The maximum Gasteiger partial charge on any atom is 0.255 e. The van der Waals surface area contributed by atoms with Crippen LogP contribution in [0.5, 0.6) is 5.75 Å². The van der Waals surface area contributed by atoms with E-state index >= 15 is 0 Å². The molecule has 0 fully saturated rings. The quantitative estimate of drug-likeness (QED) is 0.631. The number of hydrogen-bond donors (Lipinski definition) is 3. The number of amides is 1. The number of carbonyl (C=O) groups is 2. The van der Waals surface area contributed by atoms with Gasteiger partial charge in [0.2, 0.25) is 0 Å². The fourth-order valence-corrected chi connectivity index (χ4v) is 2.78. The number of benzene rings is 2. The van der Waals surface area contributed by atoms with Gasteiger partial charge in [-0.15, -0.1) is 0 Å². The molecule has 2 aromatic rings. The molecular formula is C21H27N3O3. The fourth-order valence-electron chi connectivity index (χ4n) is 2.78. The summed E-state index contributed by atoms with van der Waals surface area (Å²) in [6, 6.07) is 14.3. The van der Waals surface area contributed by atoms with Crippen LogP contribution >= 0.6 is 0 Å². The van der Waals surface area contributed by atoms with Gasteiger partial charge in [0.1, 0.15) is 5.75 Å². The highest BCUT2D eigenvalue weighted by atomic mass is 16.5. The SMILES string of the molecule is COc1ccc(NC(C)C)cc1C(=O)N[C@@H](Cc1ccccc1)C(=O)CN. The minimum atomic E-state index is -0.698. The minimum absolute atomic E-state index is 0.135. The molecule has 0 aliphatic rings. The molecule has 0 spiro atoms. The number of hydrogen-bond acceptors (Lipinski definition) is 5. The predicted molar refractivity (Wildman–Crippen MR) is 107 cm³/mol. The van der Waals surface area contributed by atoms with Crippen molar-refractivity contribution in [3.05, 3.63) is 59.7 Å². The summed E-state index contributed by atoms with van der Waals surface area (Å²) in [7, 11) is 1.51. The number of carbonyl (C=O) groups excluding carboxylic acids is 2. The van der Waals surface area contributed by atoms with Crippen molar-refractivity contribution in [2.24, 2.45) is 5.73 Å². The van der Waals surface area contributed by atoms with Gasteiger partial charge in [-0.25, -0.2) is 0 Å².